The highest BCUT2D eigenvalue weighted by molar-refractivity contribution is 6.17. The molecular weight excluding hydrogens is 258 g/mol. The first kappa shape index (κ1) is 14.4. The monoisotopic (exact) mass is 279 g/mol. The second-order valence-electron chi connectivity index (χ2n) is 6.09. The Balaban J connectivity index is 2.07. The minimum Gasteiger partial charge on any atom is -0.349 e. The van der Waals surface area contributed by atoms with Crippen molar-refractivity contribution < 1.29 is 4.79 Å². The van der Waals surface area contributed by atoms with E-state index in [2.05, 4.69) is 19.2 Å². The Morgan fingerprint density at radius 2 is 2.21 bits per heavy atom. The molecule has 1 aliphatic rings. The predicted octanol–water partition coefficient (Wildman–Crippen LogP) is 4.12. The maximum Gasteiger partial charge on any atom is 0.251 e. The van der Waals surface area contributed by atoms with Crippen LogP contribution in [0.15, 0.2) is 24.3 Å². The predicted molar refractivity (Wildman–Crippen MR) is 79.5 cm³/mol. The molecule has 0 spiro atoms. The SMILES string of the molecule is CC1(C)CCCCC1NC(=O)c1cccc(CCl)c1. The van der Waals surface area contributed by atoms with Gasteiger partial charge in [0, 0.05) is 17.5 Å². The van der Waals surface area contributed by atoms with Gasteiger partial charge in [-0.15, -0.1) is 11.6 Å². The van der Waals surface area contributed by atoms with E-state index in [1.54, 1.807) is 0 Å². The molecule has 1 N–H and O–H groups in total. The fraction of sp³-hybridized carbons (Fsp3) is 0.562. The van der Waals surface area contributed by atoms with E-state index in [0.29, 0.717) is 11.4 Å². The molecule has 1 saturated carbocycles. The Bertz CT molecular complexity index is 456. The van der Waals surface area contributed by atoms with Crippen LogP contribution in [-0.2, 0) is 5.88 Å². The smallest absolute Gasteiger partial charge is 0.251 e. The van der Waals surface area contributed by atoms with Crippen LogP contribution in [-0.4, -0.2) is 11.9 Å². The second kappa shape index (κ2) is 5.96. The minimum atomic E-state index is 0.0203. The lowest BCUT2D eigenvalue weighted by atomic mass is 9.73. The first-order valence-corrected chi connectivity index (χ1v) is 7.52. The molecule has 3 heteroatoms. The van der Waals surface area contributed by atoms with E-state index >= 15 is 0 Å². The number of hydrogen-bond acceptors (Lipinski definition) is 1. The molecule has 0 aromatic heterocycles. The van der Waals surface area contributed by atoms with E-state index in [1.165, 1.54) is 19.3 Å². The van der Waals surface area contributed by atoms with Crippen molar-refractivity contribution in [3.8, 4) is 0 Å². The summed E-state index contributed by atoms with van der Waals surface area (Å²) < 4.78 is 0. The fourth-order valence-corrected chi connectivity index (χ4v) is 2.97. The highest BCUT2D eigenvalue weighted by Gasteiger charge is 2.33. The number of benzene rings is 1. The number of hydrogen-bond donors (Lipinski definition) is 1. The third-order valence-corrected chi connectivity index (χ3v) is 4.46. The summed E-state index contributed by atoms with van der Waals surface area (Å²) in [5.41, 5.74) is 1.88. The van der Waals surface area contributed by atoms with Gasteiger partial charge < -0.3 is 5.32 Å². The average molecular weight is 280 g/mol. The normalized spacial score (nSPS) is 21.9. The summed E-state index contributed by atoms with van der Waals surface area (Å²) in [7, 11) is 0. The molecule has 2 nitrogen and oxygen atoms in total. The van der Waals surface area contributed by atoms with E-state index in [1.807, 2.05) is 24.3 Å². The molecule has 0 saturated heterocycles. The van der Waals surface area contributed by atoms with Gasteiger partial charge in [0.25, 0.3) is 5.91 Å². The Hall–Kier alpha value is -1.02. The highest BCUT2D eigenvalue weighted by Crippen LogP contribution is 2.35. The molecule has 104 valence electrons. The number of rotatable bonds is 3. The van der Waals surface area contributed by atoms with Gasteiger partial charge in [-0.05, 0) is 36.0 Å². The van der Waals surface area contributed by atoms with Gasteiger partial charge in [0.2, 0.25) is 0 Å². The maximum absolute atomic E-state index is 12.3. The first-order chi connectivity index (χ1) is 9.03. The summed E-state index contributed by atoms with van der Waals surface area (Å²) in [6, 6.07) is 7.82. The lowest BCUT2D eigenvalue weighted by Gasteiger charge is -2.39. The van der Waals surface area contributed by atoms with Crippen LogP contribution in [0.2, 0.25) is 0 Å². The quantitative estimate of drug-likeness (QED) is 0.829. The molecule has 2 rings (SSSR count). The van der Waals surface area contributed by atoms with E-state index < -0.39 is 0 Å². The molecule has 1 unspecified atom stereocenters. The number of halogens is 1. The molecule has 0 bridgehead atoms. The molecule has 1 aliphatic carbocycles. The van der Waals surface area contributed by atoms with Crippen molar-refractivity contribution >= 4 is 17.5 Å². The van der Waals surface area contributed by atoms with Crippen LogP contribution in [0, 0.1) is 5.41 Å². The molecule has 1 amide bonds. The number of carbonyl (C=O) groups is 1. The van der Waals surface area contributed by atoms with E-state index in [9.17, 15) is 4.79 Å². The zero-order chi connectivity index (χ0) is 13.9. The fourth-order valence-electron chi connectivity index (χ4n) is 2.80. The van der Waals surface area contributed by atoms with Crippen LogP contribution >= 0.6 is 11.6 Å². The van der Waals surface area contributed by atoms with Gasteiger partial charge in [0.05, 0.1) is 0 Å². The standard InChI is InChI=1S/C16H22ClNO/c1-16(2)9-4-3-8-14(16)18-15(19)13-7-5-6-12(10-13)11-17/h5-7,10,14H,3-4,8-9,11H2,1-2H3,(H,18,19). The largest absolute Gasteiger partial charge is 0.349 e. The number of carbonyl (C=O) groups excluding carboxylic acids is 1. The molecule has 1 atom stereocenters. The van der Waals surface area contributed by atoms with Crippen molar-refractivity contribution in [3.63, 3.8) is 0 Å². The zero-order valence-electron chi connectivity index (χ0n) is 11.7. The van der Waals surface area contributed by atoms with E-state index in [-0.39, 0.29) is 17.4 Å². The molecule has 1 aromatic carbocycles. The number of amides is 1. The van der Waals surface area contributed by atoms with Crippen molar-refractivity contribution in [3.05, 3.63) is 35.4 Å². The summed E-state index contributed by atoms with van der Waals surface area (Å²) in [5.74, 6) is 0.461. The van der Waals surface area contributed by atoms with Crippen molar-refractivity contribution in [2.24, 2.45) is 5.41 Å². The van der Waals surface area contributed by atoms with E-state index in [0.717, 1.165) is 12.0 Å². The number of alkyl halides is 1. The number of nitrogens with one attached hydrogen (secondary N) is 1. The van der Waals surface area contributed by atoms with Crippen LogP contribution < -0.4 is 5.32 Å². The minimum absolute atomic E-state index is 0.0203. The molecule has 0 radical (unpaired) electrons. The van der Waals surface area contributed by atoms with Crippen molar-refractivity contribution in [1.29, 1.82) is 0 Å². The van der Waals surface area contributed by atoms with Crippen LogP contribution in [0.3, 0.4) is 0 Å². The van der Waals surface area contributed by atoms with Crippen LogP contribution in [0.5, 0.6) is 0 Å². The zero-order valence-corrected chi connectivity index (χ0v) is 12.5. The van der Waals surface area contributed by atoms with Gasteiger partial charge in [-0.2, -0.15) is 0 Å². The molecular formula is C16H22ClNO. The summed E-state index contributed by atoms with van der Waals surface area (Å²) in [6.07, 6.45) is 4.73. The van der Waals surface area contributed by atoms with Gasteiger partial charge in [-0.3, -0.25) is 4.79 Å². The van der Waals surface area contributed by atoms with Crippen molar-refractivity contribution in [1.82, 2.24) is 5.32 Å². The molecule has 0 aliphatic heterocycles. The Morgan fingerprint density at radius 3 is 2.89 bits per heavy atom. The summed E-state index contributed by atoms with van der Waals surface area (Å²) in [5, 5.41) is 3.19. The third-order valence-electron chi connectivity index (χ3n) is 4.16. The maximum atomic E-state index is 12.3. The third kappa shape index (κ3) is 3.50. The molecule has 1 aromatic rings. The molecule has 19 heavy (non-hydrogen) atoms. The topological polar surface area (TPSA) is 29.1 Å². The Labute approximate surface area is 120 Å². The van der Waals surface area contributed by atoms with Gasteiger partial charge in [-0.1, -0.05) is 38.8 Å². The summed E-state index contributed by atoms with van der Waals surface area (Å²) >= 11 is 5.81. The summed E-state index contributed by atoms with van der Waals surface area (Å²) in [6.45, 7) is 4.48. The van der Waals surface area contributed by atoms with Gasteiger partial charge >= 0.3 is 0 Å². The second-order valence-corrected chi connectivity index (χ2v) is 6.36. The average Bonchev–Trinajstić information content (AvgIpc) is 2.41. The highest BCUT2D eigenvalue weighted by atomic mass is 35.5. The van der Waals surface area contributed by atoms with Crippen molar-refractivity contribution in [2.75, 3.05) is 0 Å². The lowest BCUT2D eigenvalue weighted by Crippen LogP contribution is -2.46. The van der Waals surface area contributed by atoms with Gasteiger partial charge in [0.1, 0.15) is 0 Å². The van der Waals surface area contributed by atoms with Gasteiger partial charge in [0.15, 0.2) is 0 Å². The lowest BCUT2D eigenvalue weighted by molar-refractivity contribution is 0.0853. The summed E-state index contributed by atoms with van der Waals surface area (Å²) in [4.78, 5) is 12.3. The Kier molecular flexibility index (Phi) is 4.51. The van der Waals surface area contributed by atoms with Crippen molar-refractivity contribution in [2.45, 2.75) is 51.5 Å². The van der Waals surface area contributed by atoms with Crippen LogP contribution in [0.4, 0.5) is 0 Å². The van der Waals surface area contributed by atoms with Gasteiger partial charge in [-0.25, -0.2) is 0 Å². The van der Waals surface area contributed by atoms with E-state index in [4.69, 9.17) is 11.6 Å². The van der Waals surface area contributed by atoms with Crippen LogP contribution in [0.1, 0.15) is 55.5 Å². The molecule has 0 heterocycles. The Morgan fingerprint density at radius 1 is 1.42 bits per heavy atom. The van der Waals surface area contributed by atoms with Crippen LogP contribution in [0.25, 0.3) is 0 Å². The first-order valence-electron chi connectivity index (χ1n) is 6.99. The molecule has 1 fully saturated rings.